The number of methoxy groups -OCH3 is 1. The molecule has 0 saturated carbocycles. The number of aliphatic hydroxyl groups excluding tert-OH is 1. The molecule has 0 unspecified atom stereocenters. The van der Waals surface area contributed by atoms with E-state index in [0.29, 0.717) is 30.4 Å². The van der Waals surface area contributed by atoms with Crippen molar-refractivity contribution in [2.75, 3.05) is 39.0 Å². The minimum absolute atomic E-state index is 0.0232. The van der Waals surface area contributed by atoms with Crippen LogP contribution in [-0.4, -0.2) is 75.8 Å². The molecule has 0 radical (unpaired) electrons. The van der Waals surface area contributed by atoms with Gasteiger partial charge in [-0.2, -0.15) is 0 Å². The van der Waals surface area contributed by atoms with Gasteiger partial charge in [-0.3, -0.25) is 9.69 Å². The van der Waals surface area contributed by atoms with Crippen molar-refractivity contribution in [3.05, 3.63) is 79.1 Å². The summed E-state index contributed by atoms with van der Waals surface area (Å²) in [6.45, 7) is 6.04. The summed E-state index contributed by atoms with van der Waals surface area (Å²) in [4.78, 5) is 20.2. The zero-order valence-corrected chi connectivity index (χ0v) is 24.4. The zero-order valence-electron chi connectivity index (χ0n) is 24.4. The number of carbonyl (C=O) groups excluding carboxylic acids is 1. The number of anilines is 1. The third kappa shape index (κ3) is 5.43. The van der Waals surface area contributed by atoms with Gasteiger partial charge in [0.1, 0.15) is 17.3 Å². The molecule has 4 heterocycles. The first-order valence-electron chi connectivity index (χ1n) is 14.4. The number of aryl methyl sites for hydroxylation is 1. The standard InChI is InChI=1S/C34H35N5O4/c1-4-31(41)38-17-15-25(28(40)21-38)39-19-22(20-39)10-12-26-32(33-27(37(26)2)14-16-36-34(33)35)23-11-13-29(30(18-23)42-3)43-24-8-6-5-7-9-24/h4-9,11,13-14,16,18,22,25,28,40H,1,15,17,19-21H2,2-3H3,(H2,35,36)/t25-,28+/m0/s1. The second kappa shape index (κ2) is 11.8. The van der Waals surface area contributed by atoms with Gasteiger partial charge in [-0.1, -0.05) is 36.8 Å². The van der Waals surface area contributed by atoms with Crippen molar-refractivity contribution in [2.24, 2.45) is 13.0 Å². The monoisotopic (exact) mass is 577 g/mol. The molecular formula is C34H35N5O4. The number of rotatable bonds is 6. The number of nitrogens with two attached hydrogens (primary N) is 1. The van der Waals surface area contributed by atoms with Crippen LogP contribution in [0.5, 0.6) is 17.2 Å². The molecule has 9 nitrogen and oxygen atoms in total. The number of para-hydroxylation sites is 1. The van der Waals surface area contributed by atoms with Crippen LogP contribution in [-0.2, 0) is 11.8 Å². The molecule has 2 aromatic heterocycles. The molecule has 2 aliphatic rings. The summed E-state index contributed by atoms with van der Waals surface area (Å²) in [6, 6.07) is 17.4. The van der Waals surface area contributed by atoms with Crippen molar-refractivity contribution in [3.8, 4) is 40.2 Å². The third-order valence-electron chi connectivity index (χ3n) is 8.37. The Morgan fingerprint density at radius 2 is 1.93 bits per heavy atom. The number of hydrogen-bond donors (Lipinski definition) is 2. The second-order valence-electron chi connectivity index (χ2n) is 11.0. The number of benzene rings is 2. The number of likely N-dealkylation sites (tertiary alicyclic amines) is 2. The molecule has 1 amide bonds. The highest BCUT2D eigenvalue weighted by Crippen LogP contribution is 2.41. The van der Waals surface area contributed by atoms with Crippen LogP contribution in [0.3, 0.4) is 0 Å². The Morgan fingerprint density at radius 1 is 1.14 bits per heavy atom. The Kier molecular flexibility index (Phi) is 7.80. The van der Waals surface area contributed by atoms with E-state index in [-0.39, 0.29) is 17.9 Å². The molecule has 2 aliphatic heterocycles. The quantitative estimate of drug-likeness (QED) is 0.263. The molecule has 43 heavy (non-hydrogen) atoms. The molecule has 2 atom stereocenters. The maximum Gasteiger partial charge on any atom is 0.246 e. The van der Waals surface area contributed by atoms with Gasteiger partial charge in [0.15, 0.2) is 11.5 Å². The van der Waals surface area contributed by atoms with Crippen molar-refractivity contribution in [3.63, 3.8) is 0 Å². The predicted molar refractivity (Wildman–Crippen MR) is 167 cm³/mol. The SMILES string of the molecule is C=CC(=O)N1CC[C@H](N2CC(C#Cc3c(-c4ccc(Oc5ccccc5)c(OC)c4)c4c(N)nccc4n3C)C2)[C@H](O)C1. The molecule has 3 N–H and O–H groups in total. The van der Waals surface area contributed by atoms with E-state index in [1.54, 1.807) is 18.2 Å². The highest BCUT2D eigenvalue weighted by atomic mass is 16.5. The number of nitrogens with zero attached hydrogens (tertiary/aromatic N) is 4. The third-order valence-corrected chi connectivity index (χ3v) is 8.37. The summed E-state index contributed by atoms with van der Waals surface area (Å²) in [5.41, 5.74) is 10.00. The molecular weight excluding hydrogens is 542 g/mol. The molecule has 2 aromatic carbocycles. The number of aromatic nitrogens is 2. The first-order chi connectivity index (χ1) is 20.9. The topological polar surface area (TPSA) is 106 Å². The maximum absolute atomic E-state index is 12.0. The number of pyridine rings is 1. The number of piperidine rings is 1. The molecule has 2 fully saturated rings. The Morgan fingerprint density at radius 3 is 2.65 bits per heavy atom. The van der Waals surface area contributed by atoms with E-state index in [4.69, 9.17) is 15.2 Å². The van der Waals surface area contributed by atoms with Gasteiger partial charge < -0.3 is 29.8 Å². The number of nitrogen functional groups attached to an aromatic ring is 1. The lowest BCUT2D eigenvalue weighted by atomic mass is 9.91. The minimum Gasteiger partial charge on any atom is -0.493 e. The van der Waals surface area contributed by atoms with Crippen LogP contribution in [0, 0.1) is 17.8 Å². The first kappa shape index (κ1) is 28.3. The smallest absolute Gasteiger partial charge is 0.246 e. The summed E-state index contributed by atoms with van der Waals surface area (Å²) in [7, 11) is 3.61. The van der Waals surface area contributed by atoms with Crippen molar-refractivity contribution >= 4 is 22.6 Å². The summed E-state index contributed by atoms with van der Waals surface area (Å²) >= 11 is 0. The summed E-state index contributed by atoms with van der Waals surface area (Å²) in [5.74, 6) is 9.31. The maximum atomic E-state index is 12.0. The van der Waals surface area contributed by atoms with Crippen LogP contribution in [0.1, 0.15) is 12.1 Å². The van der Waals surface area contributed by atoms with E-state index < -0.39 is 6.10 Å². The number of ether oxygens (including phenoxy) is 2. The average molecular weight is 578 g/mol. The van der Waals surface area contributed by atoms with Crippen LogP contribution >= 0.6 is 0 Å². The second-order valence-corrected chi connectivity index (χ2v) is 11.0. The lowest BCUT2D eigenvalue weighted by Crippen LogP contribution is -2.61. The number of aliphatic hydroxyl groups is 1. The summed E-state index contributed by atoms with van der Waals surface area (Å²) in [6.07, 6.45) is 3.15. The van der Waals surface area contributed by atoms with Gasteiger partial charge in [-0.05, 0) is 54.3 Å². The van der Waals surface area contributed by atoms with E-state index in [1.165, 1.54) is 6.08 Å². The van der Waals surface area contributed by atoms with Crippen LogP contribution in [0.2, 0.25) is 0 Å². The molecule has 0 aliphatic carbocycles. The van der Waals surface area contributed by atoms with Gasteiger partial charge in [-0.25, -0.2) is 4.98 Å². The van der Waals surface area contributed by atoms with Gasteiger partial charge >= 0.3 is 0 Å². The Labute approximate surface area is 251 Å². The Bertz CT molecular complexity index is 1730. The lowest BCUT2D eigenvalue weighted by Gasteiger charge is -2.47. The number of β-amino-alcohol motifs (C(OH)–C–C–N with tert-alkyl or cyclic N) is 1. The lowest BCUT2D eigenvalue weighted by molar-refractivity contribution is -0.132. The van der Waals surface area contributed by atoms with Crippen LogP contribution < -0.4 is 15.2 Å². The number of hydrogen-bond acceptors (Lipinski definition) is 7. The fraction of sp³-hybridized carbons (Fsp3) is 0.294. The largest absolute Gasteiger partial charge is 0.493 e. The Balaban J connectivity index is 1.27. The first-order valence-corrected chi connectivity index (χ1v) is 14.4. The summed E-state index contributed by atoms with van der Waals surface area (Å²) in [5, 5.41) is 11.6. The average Bonchev–Trinajstić information content (AvgIpc) is 3.29. The van der Waals surface area contributed by atoms with E-state index >= 15 is 0 Å². The molecule has 0 spiro atoms. The van der Waals surface area contributed by atoms with Crippen molar-refractivity contribution in [1.82, 2.24) is 19.4 Å². The molecule has 6 rings (SSSR count). The highest BCUT2D eigenvalue weighted by Gasteiger charge is 2.38. The van der Waals surface area contributed by atoms with Gasteiger partial charge in [0.05, 0.1) is 24.1 Å². The van der Waals surface area contributed by atoms with E-state index in [1.807, 2.05) is 61.6 Å². The predicted octanol–water partition coefficient (Wildman–Crippen LogP) is 4.05. The van der Waals surface area contributed by atoms with Gasteiger partial charge in [0.25, 0.3) is 0 Å². The van der Waals surface area contributed by atoms with E-state index in [0.717, 1.165) is 53.0 Å². The highest BCUT2D eigenvalue weighted by molar-refractivity contribution is 6.05. The molecule has 2 saturated heterocycles. The van der Waals surface area contributed by atoms with Crippen molar-refractivity contribution in [2.45, 2.75) is 18.6 Å². The van der Waals surface area contributed by atoms with Crippen LogP contribution in [0.25, 0.3) is 22.0 Å². The fourth-order valence-electron chi connectivity index (χ4n) is 6.08. The van der Waals surface area contributed by atoms with E-state index in [9.17, 15) is 9.90 Å². The van der Waals surface area contributed by atoms with Gasteiger partial charge in [0.2, 0.25) is 5.91 Å². The normalized spacial score (nSPS) is 18.9. The summed E-state index contributed by atoms with van der Waals surface area (Å²) < 4.78 is 13.9. The van der Waals surface area contributed by atoms with E-state index in [2.05, 4.69) is 32.9 Å². The number of amides is 1. The molecule has 0 bridgehead atoms. The Hall–Kier alpha value is -4.78. The minimum atomic E-state index is -0.587. The number of carbonyl (C=O) groups is 1. The zero-order chi connectivity index (χ0) is 30.1. The van der Waals surface area contributed by atoms with Gasteiger partial charge in [0, 0.05) is 56.9 Å². The van der Waals surface area contributed by atoms with Crippen molar-refractivity contribution < 1.29 is 19.4 Å². The van der Waals surface area contributed by atoms with Gasteiger partial charge in [-0.15, -0.1) is 0 Å². The van der Waals surface area contributed by atoms with Crippen molar-refractivity contribution in [1.29, 1.82) is 0 Å². The van der Waals surface area contributed by atoms with Crippen LogP contribution in [0.15, 0.2) is 73.4 Å². The molecule has 220 valence electrons. The van der Waals surface area contributed by atoms with Crippen LogP contribution in [0.4, 0.5) is 5.82 Å². The molecule has 4 aromatic rings. The number of fused-ring (bicyclic) bond motifs is 1. The fourth-order valence-corrected chi connectivity index (χ4v) is 6.08. The molecule has 9 heteroatoms.